The predicted molar refractivity (Wildman–Crippen MR) is 86.6 cm³/mol. The molecule has 1 N–H and O–H groups in total. The van der Waals surface area contributed by atoms with Gasteiger partial charge in [-0.2, -0.15) is 0 Å². The molecule has 6 nitrogen and oxygen atoms in total. The molecule has 0 bridgehead atoms. The van der Waals surface area contributed by atoms with Crippen molar-refractivity contribution in [3.8, 4) is 0 Å². The van der Waals surface area contributed by atoms with Crippen LogP contribution in [0.2, 0.25) is 0 Å². The Hall–Kier alpha value is -1.89. The van der Waals surface area contributed by atoms with E-state index in [-0.39, 0.29) is 22.6 Å². The van der Waals surface area contributed by atoms with Crippen molar-refractivity contribution in [2.75, 3.05) is 12.4 Å². The van der Waals surface area contributed by atoms with Gasteiger partial charge in [0.25, 0.3) is 5.91 Å². The lowest BCUT2D eigenvalue weighted by molar-refractivity contribution is -0.148. The summed E-state index contributed by atoms with van der Waals surface area (Å²) >= 11 is 0. The summed E-state index contributed by atoms with van der Waals surface area (Å²) < 4.78 is 28.8. The number of nitrogens with one attached hydrogen (secondary N) is 1. The topological polar surface area (TPSA) is 89.5 Å². The lowest BCUT2D eigenvalue weighted by Gasteiger charge is -2.24. The maximum Gasteiger partial charge on any atom is 0.307 e. The van der Waals surface area contributed by atoms with E-state index in [4.69, 9.17) is 4.74 Å². The first kappa shape index (κ1) is 19.2. The Morgan fingerprint density at radius 1 is 1.17 bits per heavy atom. The smallest absolute Gasteiger partial charge is 0.307 e. The van der Waals surface area contributed by atoms with Crippen LogP contribution in [0.3, 0.4) is 0 Å². The maximum absolute atomic E-state index is 12.0. The van der Waals surface area contributed by atoms with Gasteiger partial charge in [0.05, 0.1) is 17.1 Å². The number of rotatable bonds is 8. The number of esters is 1. The number of benzene rings is 1. The Morgan fingerprint density at radius 2 is 1.78 bits per heavy atom. The number of amides is 1. The number of carbonyl (C=O) groups excluding carboxylic acids is 2. The first-order valence-electron chi connectivity index (χ1n) is 7.41. The highest BCUT2D eigenvalue weighted by Gasteiger charge is 2.20. The molecule has 128 valence electrons. The zero-order valence-electron chi connectivity index (χ0n) is 13.7. The molecule has 0 heterocycles. The molecule has 7 heteroatoms. The summed E-state index contributed by atoms with van der Waals surface area (Å²) in [6.07, 6.45) is 0.448. The second kappa shape index (κ2) is 8.10. The van der Waals surface area contributed by atoms with Gasteiger partial charge in [0.1, 0.15) is 0 Å². The van der Waals surface area contributed by atoms with E-state index < -0.39 is 28.3 Å². The summed E-state index contributed by atoms with van der Waals surface area (Å²) in [5.41, 5.74) is -0.375. The van der Waals surface area contributed by atoms with Gasteiger partial charge in [-0.05, 0) is 32.4 Å². The van der Waals surface area contributed by atoms with Crippen molar-refractivity contribution in [2.24, 2.45) is 0 Å². The first-order chi connectivity index (χ1) is 10.7. The molecule has 0 fully saturated rings. The molecule has 0 aliphatic carbocycles. The molecular weight excluding hydrogens is 318 g/mol. The summed E-state index contributed by atoms with van der Waals surface area (Å²) in [4.78, 5) is 23.4. The lowest BCUT2D eigenvalue weighted by atomic mass is 10.0. The highest BCUT2D eigenvalue weighted by Crippen LogP contribution is 2.11. The zero-order valence-corrected chi connectivity index (χ0v) is 14.5. The largest absolute Gasteiger partial charge is 0.456 e. The van der Waals surface area contributed by atoms with Crippen molar-refractivity contribution >= 4 is 21.7 Å². The third kappa shape index (κ3) is 6.81. The minimum atomic E-state index is -3.53. The van der Waals surface area contributed by atoms with Crippen LogP contribution in [0.5, 0.6) is 0 Å². The van der Waals surface area contributed by atoms with Crippen LogP contribution >= 0.6 is 0 Å². The summed E-state index contributed by atoms with van der Waals surface area (Å²) in [6.45, 7) is 5.24. The van der Waals surface area contributed by atoms with E-state index in [9.17, 15) is 18.0 Å². The molecule has 0 aromatic heterocycles. The molecular formula is C16H23NO5S. The van der Waals surface area contributed by atoms with E-state index in [1.54, 1.807) is 18.2 Å². The molecule has 0 aliphatic heterocycles. The van der Waals surface area contributed by atoms with Crippen LogP contribution in [0.25, 0.3) is 0 Å². The fraction of sp³-hybridized carbons (Fsp3) is 0.500. The van der Waals surface area contributed by atoms with E-state index in [1.807, 2.05) is 20.8 Å². The molecule has 0 aliphatic rings. The summed E-state index contributed by atoms with van der Waals surface area (Å²) in [5.74, 6) is -1.47. The minimum absolute atomic E-state index is 0.162. The minimum Gasteiger partial charge on any atom is -0.456 e. The average Bonchev–Trinajstić information content (AvgIpc) is 2.51. The van der Waals surface area contributed by atoms with Crippen LogP contribution in [-0.2, 0) is 24.2 Å². The third-order valence-corrected chi connectivity index (χ3v) is 5.14. The number of ether oxygens (including phenoxy) is 1. The molecule has 0 radical (unpaired) electrons. The summed E-state index contributed by atoms with van der Waals surface area (Å²) in [7, 11) is -3.53. The Kier molecular flexibility index (Phi) is 6.75. The maximum atomic E-state index is 12.0. The second-order valence-corrected chi connectivity index (χ2v) is 7.94. The molecule has 1 aromatic rings. The van der Waals surface area contributed by atoms with Crippen molar-refractivity contribution in [3.63, 3.8) is 0 Å². The van der Waals surface area contributed by atoms with E-state index in [2.05, 4.69) is 5.32 Å². The quantitative estimate of drug-likeness (QED) is 0.727. The molecule has 23 heavy (non-hydrogen) atoms. The average molecular weight is 341 g/mol. The van der Waals surface area contributed by atoms with Crippen LogP contribution in [-0.4, -0.2) is 38.2 Å². The lowest BCUT2D eigenvalue weighted by Crippen LogP contribution is -2.44. The fourth-order valence-corrected chi connectivity index (χ4v) is 2.93. The van der Waals surface area contributed by atoms with Gasteiger partial charge in [-0.25, -0.2) is 8.42 Å². The monoisotopic (exact) mass is 341 g/mol. The predicted octanol–water partition coefficient (Wildman–Crippen LogP) is 1.70. The van der Waals surface area contributed by atoms with Gasteiger partial charge < -0.3 is 10.1 Å². The molecule has 0 saturated heterocycles. The Labute approximate surface area is 137 Å². The molecule has 0 atom stereocenters. The Bertz CT molecular complexity index is 638. The second-order valence-electron chi connectivity index (χ2n) is 5.83. The van der Waals surface area contributed by atoms with E-state index in [0.29, 0.717) is 0 Å². The van der Waals surface area contributed by atoms with Gasteiger partial charge in [0, 0.05) is 5.54 Å². The normalized spacial score (nSPS) is 11.8. The highest BCUT2D eigenvalue weighted by atomic mass is 32.2. The number of sulfone groups is 1. The van der Waals surface area contributed by atoms with Crippen molar-refractivity contribution in [1.29, 1.82) is 0 Å². The van der Waals surface area contributed by atoms with Gasteiger partial charge in [0.15, 0.2) is 16.4 Å². The van der Waals surface area contributed by atoms with Gasteiger partial charge in [0.2, 0.25) is 0 Å². The van der Waals surface area contributed by atoms with Crippen molar-refractivity contribution in [3.05, 3.63) is 30.3 Å². The SMILES string of the molecule is CCC(C)(C)NC(=O)COC(=O)CCS(=O)(=O)c1ccccc1. The molecule has 1 rings (SSSR count). The molecule has 0 saturated carbocycles. The van der Waals surface area contributed by atoms with Crippen LogP contribution in [0.1, 0.15) is 33.6 Å². The molecule has 1 amide bonds. The number of carbonyl (C=O) groups is 2. The van der Waals surface area contributed by atoms with Gasteiger partial charge in [-0.1, -0.05) is 25.1 Å². The van der Waals surface area contributed by atoms with Gasteiger partial charge in [-0.15, -0.1) is 0 Å². The van der Waals surface area contributed by atoms with Crippen LogP contribution in [0.15, 0.2) is 35.2 Å². The highest BCUT2D eigenvalue weighted by molar-refractivity contribution is 7.91. The molecule has 0 spiro atoms. The zero-order chi connectivity index (χ0) is 17.5. The van der Waals surface area contributed by atoms with E-state index in [1.165, 1.54) is 12.1 Å². The Morgan fingerprint density at radius 3 is 2.35 bits per heavy atom. The van der Waals surface area contributed by atoms with E-state index in [0.717, 1.165) is 6.42 Å². The number of hydrogen-bond acceptors (Lipinski definition) is 5. The third-order valence-electron chi connectivity index (χ3n) is 3.40. The van der Waals surface area contributed by atoms with Crippen LogP contribution in [0.4, 0.5) is 0 Å². The van der Waals surface area contributed by atoms with Crippen LogP contribution in [0, 0.1) is 0 Å². The fourth-order valence-electron chi connectivity index (χ4n) is 1.68. The van der Waals surface area contributed by atoms with Gasteiger partial charge >= 0.3 is 5.97 Å². The van der Waals surface area contributed by atoms with Crippen molar-refractivity contribution in [2.45, 2.75) is 44.0 Å². The Balaban J connectivity index is 2.42. The standard InChI is InChI=1S/C16H23NO5S/c1-4-16(2,3)17-14(18)12-22-15(19)10-11-23(20,21)13-8-6-5-7-9-13/h5-9H,4,10-12H2,1-3H3,(H,17,18). The van der Waals surface area contributed by atoms with Crippen molar-refractivity contribution in [1.82, 2.24) is 5.32 Å². The first-order valence-corrected chi connectivity index (χ1v) is 9.06. The molecule has 1 aromatic carbocycles. The summed E-state index contributed by atoms with van der Waals surface area (Å²) in [6, 6.07) is 7.89. The van der Waals surface area contributed by atoms with Gasteiger partial charge in [-0.3, -0.25) is 9.59 Å². The van der Waals surface area contributed by atoms with E-state index >= 15 is 0 Å². The number of hydrogen-bond donors (Lipinski definition) is 1. The van der Waals surface area contributed by atoms with Crippen LogP contribution < -0.4 is 5.32 Å². The van der Waals surface area contributed by atoms with Crippen molar-refractivity contribution < 1.29 is 22.7 Å². The molecule has 0 unspecified atom stereocenters. The summed E-state index contributed by atoms with van der Waals surface area (Å²) in [5, 5.41) is 2.73.